The van der Waals surface area contributed by atoms with Crippen LogP contribution in [0.5, 0.6) is 0 Å². The molecule has 4 nitrogen and oxygen atoms in total. The number of benzene rings is 2. The van der Waals surface area contributed by atoms with Crippen molar-refractivity contribution in [3.8, 4) is 11.3 Å². The fraction of sp³-hybridized carbons (Fsp3) is 0.250. The summed E-state index contributed by atoms with van der Waals surface area (Å²) in [6, 6.07) is 8.00. The maximum Gasteiger partial charge on any atom is 0.417 e. The van der Waals surface area contributed by atoms with Crippen LogP contribution in [0.25, 0.3) is 22.2 Å². The number of aromatic carboxylic acids is 1. The maximum atomic E-state index is 13.6. The summed E-state index contributed by atoms with van der Waals surface area (Å²) in [5, 5.41) is 10.2. The minimum absolute atomic E-state index is 0.00543. The van der Waals surface area contributed by atoms with E-state index in [-0.39, 0.29) is 21.8 Å². The molecule has 0 spiro atoms. The number of fused-ring (bicyclic) bond motifs is 1. The fourth-order valence-corrected chi connectivity index (χ4v) is 3.60. The summed E-state index contributed by atoms with van der Waals surface area (Å²) < 4.78 is 40.7. The van der Waals surface area contributed by atoms with Crippen molar-refractivity contribution < 1.29 is 23.1 Å². The molecule has 148 valence electrons. The number of halogens is 4. The van der Waals surface area contributed by atoms with Crippen LogP contribution < -0.4 is 5.73 Å². The second-order valence-corrected chi connectivity index (χ2v) is 6.82. The van der Waals surface area contributed by atoms with Crippen molar-refractivity contribution >= 4 is 28.5 Å². The van der Waals surface area contributed by atoms with E-state index < -0.39 is 17.7 Å². The first-order valence-electron chi connectivity index (χ1n) is 8.68. The van der Waals surface area contributed by atoms with Gasteiger partial charge in [-0.25, -0.2) is 4.79 Å². The average molecular weight is 411 g/mol. The van der Waals surface area contributed by atoms with Crippen LogP contribution in [0.3, 0.4) is 0 Å². The van der Waals surface area contributed by atoms with Crippen LogP contribution >= 0.6 is 11.6 Å². The zero-order chi connectivity index (χ0) is 20.5. The molecule has 0 saturated carbocycles. The van der Waals surface area contributed by atoms with Gasteiger partial charge in [0.15, 0.2) is 0 Å². The fourth-order valence-electron chi connectivity index (χ4n) is 3.39. The summed E-state index contributed by atoms with van der Waals surface area (Å²) in [7, 11) is 0. The van der Waals surface area contributed by atoms with Crippen molar-refractivity contribution in [2.24, 2.45) is 5.73 Å². The topological polar surface area (TPSA) is 79.1 Å². The summed E-state index contributed by atoms with van der Waals surface area (Å²) in [6.07, 6.45) is -2.91. The van der Waals surface area contributed by atoms with Crippen molar-refractivity contribution in [3.05, 3.63) is 58.1 Å². The number of unbranched alkanes of at least 4 members (excludes halogenated alkanes) is 1. The van der Waals surface area contributed by atoms with Gasteiger partial charge in [-0.15, -0.1) is 0 Å². The monoisotopic (exact) mass is 410 g/mol. The lowest BCUT2D eigenvalue weighted by Crippen LogP contribution is -2.08. The molecule has 0 aliphatic rings. The minimum Gasteiger partial charge on any atom is -0.478 e. The van der Waals surface area contributed by atoms with E-state index in [2.05, 4.69) is 4.98 Å². The van der Waals surface area contributed by atoms with Gasteiger partial charge in [0, 0.05) is 10.9 Å². The normalized spacial score (nSPS) is 11.9. The Labute approximate surface area is 164 Å². The number of rotatable bonds is 6. The smallest absolute Gasteiger partial charge is 0.417 e. The number of carboxylic acids is 1. The van der Waals surface area contributed by atoms with Crippen molar-refractivity contribution in [1.82, 2.24) is 4.98 Å². The third-order valence-electron chi connectivity index (χ3n) is 4.62. The first-order valence-corrected chi connectivity index (χ1v) is 9.06. The molecule has 3 aromatic rings. The lowest BCUT2D eigenvalue weighted by atomic mass is 9.95. The molecule has 28 heavy (non-hydrogen) atoms. The summed E-state index contributed by atoms with van der Waals surface area (Å²) in [5.41, 5.74) is 5.75. The minimum atomic E-state index is -4.55. The highest BCUT2D eigenvalue weighted by Crippen LogP contribution is 2.42. The second-order valence-electron chi connectivity index (χ2n) is 6.42. The molecule has 0 bridgehead atoms. The Morgan fingerprint density at radius 1 is 1.14 bits per heavy atom. The van der Waals surface area contributed by atoms with Crippen LogP contribution in [-0.4, -0.2) is 22.6 Å². The first-order chi connectivity index (χ1) is 13.3. The van der Waals surface area contributed by atoms with Gasteiger partial charge in [0.25, 0.3) is 0 Å². The van der Waals surface area contributed by atoms with E-state index in [0.717, 1.165) is 6.07 Å². The van der Waals surface area contributed by atoms with E-state index in [9.17, 15) is 23.1 Å². The van der Waals surface area contributed by atoms with Gasteiger partial charge in [0.2, 0.25) is 0 Å². The Morgan fingerprint density at radius 3 is 2.50 bits per heavy atom. The zero-order valence-electron chi connectivity index (χ0n) is 14.7. The standard InChI is InChI=1S/C20H18ClF3N2O2/c21-15-9-8-13(19(27)28)16-12(6-3-4-10-25)17(26-18(15)16)11-5-1-2-7-14(11)20(22,23)24/h1-2,5,7-9,26H,3-4,6,10,25H2,(H,27,28). The maximum absolute atomic E-state index is 13.6. The predicted octanol–water partition coefficient (Wildman–Crippen LogP) is 5.49. The quantitative estimate of drug-likeness (QED) is 0.470. The van der Waals surface area contributed by atoms with E-state index in [1.807, 2.05) is 0 Å². The van der Waals surface area contributed by atoms with Crippen LogP contribution in [0.1, 0.15) is 34.3 Å². The summed E-state index contributed by atoms with van der Waals surface area (Å²) >= 11 is 6.23. The molecule has 1 heterocycles. The Balaban J connectivity index is 2.35. The third kappa shape index (κ3) is 3.72. The molecule has 0 radical (unpaired) electrons. The lowest BCUT2D eigenvalue weighted by Gasteiger charge is -2.13. The molecule has 1 aromatic heterocycles. The highest BCUT2D eigenvalue weighted by Gasteiger charge is 2.34. The number of aromatic amines is 1. The summed E-state index contributed by atoms with van der Waals surface area (Å²) in [6.45, 7) is 0.434. The van der Waals surface area contributed by atoms with Gasteiger partial charge in [-0.1, -0.05) is 29.8 Å². The second kappa shape index (κ2) is 7.85. The molecule has 4 N–H and O–H groups in total. The number of H-pyrrole nitrogens is 1. The van der Waals surface area contributed by atoms with Gasteiger partial charge >= 0.3 is 12.1 Å². The van der Waals surface area contributed by atoms with E-state index in [0.29, 0.717) is 42.3 Å². The first kappa shape index (κ1) is 20.2. The number of nitrogens with one attached hydrogen (secondary N) is 1. The van der Waals surface area contributed by atoms with Crippen LogP contribution in [0, 0.1) is 0 Å². The number of aryl methyl sites for hydroxylation is 1. The molecule has 8 heteroatoms. The Hall–Kier alpha value is -2.51. The number of alkyl halides is 3. The van der Waals surface area contributed by atoms with Gasteiger partial charge in [-0.3, -0.25) is 0 Å². The van der Waals surface area contributed by atoms with Crippen molar-refractivity contribution in [1.29, 1.82) is 0 Å². The number of aromatic nitrogens is 1. The summed E-state index contributed by atoms with van der Waals surface area (Å²) in [4.78, 5) is 14.7. The third-order valence-corrected chi connectivity index (χ3v) is 4.94. The van der Waals surface area contributed by atoms with Crippen molar-refractivity contribution in [2.75, 3.05) is 6.54 Å². The predicted molar refractivity (Wildman–Crippen MR) is 103 cm³/mol. The van der Waals surface area contributed by atoms with Crippen LogP contribution in [0.4, 0.5) is 13.2 Å². The lowest BCUT2D eigenvalue weighted by molar-refractivity contribution is -0.137. The highest BCUT2D eigenvalue weighted by molar-refractivity contribution is 6.36. The van der Waals surface area contributed by atoms with Crippen molar-refractivity contribution in [3.63, 3.8) is 0 Å². The molecule has 0 aliphatic carbocycles. The highest BCUT2D eigenvalue weighted by atomic mass is 35.5. The average Bonchev–Trinajstić information content (AvgIpc) is 3.02. The van der Waals surface area contributed by atoms with Crippen LogP contribution in [0.2, 0.25) is 5.02 Å². The van der Waals surface area contributed by atoms with E-state index in [4.69, 9.17) is 17.3 Å². The van der Waals surface area contributed by atoms with E-state index in [1.165, 1.54) is 30.3 Å². The van der Waals surface area contributed by atoms with Gasteiger partial charge in [-0.2, -0.15) is 13.2 Å². The molecule has 2 aromatic carbocycles. The number of nitrogens with two attached hydrogens (primary N) is 1. The zero-order valence-corrected chi connectivity index (χ0v) is 15.5. The van der Waals surface area contributed by atoms with E-state index >= 15 is 0 Å². The Kier molecular flexibility index (Phi) is 5.67. The molecule has 0 unspecified atom stereocenters. The number of carbonyl (C=O) groups is 1. The number of carboxylic acid groups (broad SMARTS) is 1. The largest absolute Gasteiger partial charge is 0.478 e. The molecule has 0 atom stereocenters. The number of hydrogen-bond donors (Lipinski definition) is 3. The Bertz CT molecular complexity index is 1030. The SMILES string of the molecule is NCCCCc1c(-c2ccccc2C(F)(F)F)[nH]c2c(Cl)ccc(C(=O)O)c12. The number of hydrogen-bond acceptors (Lipinski definition) is 2. The molecule has 0 aliphatic heterocycles. The van der Waals surface area contributed by atoms with Gasteiger partial charge in [0.1, 0.15) is 0 Å². The van der Waals surface area contributed by atoms with Crippen LogP contribution in [0.15, 0.2) is 36.4 Å². The molecule has 0 saturated heterocycles. The molecule has 0 amide bonds. The molecule has 3 rings (SSSR count). The van der Waals surface area contributed by atoms with Gasteiger partial charge in [0.05, 0.1) is 27.4 Å². The van der Waals surface area contributed by atoms with Gasteiger partial charge < -0.3 is 15.8 Å². The Morgan fingerprint density at radius 2 is 1.86 bits per heavy atom. The molecular weight excluding hydrogens is 393 g/mol. The summed E-state index contributed by atoms with van der Waals surface area (Å²) in [5.74, 6) is -1.17. The van der Waals surface area contributed by atoms with Crippen molar-refractivity contribution in [2.45, 2.75) is 25.4 Å². The van der Waals surface area contributed by atoms with Crippen LogP contribution in [-0.2, 0) is 12.6 Å². The molecular formula is C20H18ClF3N2O2. The van der Waals surface area contributed by atoms with E-state index in [1.54, 1.807) is 0 Å². The molecule has 0 fully saturated rings. The van der Waals surface area contributed by atoms with Gasteiger partial charge in [-0.05, 0) is 49.6 Å².